The van der Waals surface area contributed by atoms with Crippen molar-refractivity contribution in [3.8, 4) is 17.0 Å². The zero-order valence-electron chi connectivity index (χ0n) is 20.5. The number of rotatable bonds is 8. The average Bonchev–Trinajstić information content (AvgIpc) is 2.90. The molecule has 2 aromatic carbocycles. The number of carbonyl (C=O) groups is 1. The fourth-order valence-corrected chi connectivity index (χ4v) is 5.11. The molecule has 13 heteroatoms. The van der Waals surface area contributed by atoms with Crippen molar-refractivity contribution in [1.29, 1.82) is 0 Å². The van der Waals surface area contributed by atoms with E-state index in [1.807, 2.05) is 0 Å². The third-order valence-electron chi connectivity index (χ3n) is 5.81. The molecule has 1 unspecified atom stereocenters. The van der Waals surface area contributed by atoms with Crippen molar-refractivity contribution >= 4 is 44.1 Å². The van der Waals surface area contributed by atoms with Crippen LogP contribution in [0.4, 0.5) is 10.1 Å². The molecule has 0 saturated carbocycles. The van der Waals surface area contributed by atoms with Gasteiger partial charge in [-0.25, -0.2) is 22.8 Å². The van der Waals surface area contributed by atoms with Crippen LogP contribution in [0.3, 0.4) is 0 Å². The number of pyridine rings is 1. The third-order valence-corrected chi connectivity index (χ3v) is 7.46. The summed E-state index contributed by atoms with van der Waals surface area (Å²) in [4.78, 5) is 33.3. The van der Waals surface area contributed by atoms with Crippen LogP contribution in [-0.4, -0.2) is 43.0 Å². The second-order valence-corrected chi connectivity index (χ2v) is 10.5. The van der Waals surface area contributed by atoms with Crippen LogP contribution in [0.2, 0.25) is 5.02 Å². The molecule has 0 aliphatic rings. The molecule has 198 valence electrons. The Balaban J connectivity index is 1.73. The van der Waals surface area contributed by atoms with Gasteiger partial charge in [0.1, 0.15) is 11.5 Å². The molecular formula is C25H23ClFN5O5S. The summed E-state index contributed by atoms with van der Waals surface area (Å²) in [6.07, 6.45) is 2.86. The van der Waals surface area contributed by atoms with Crippen LogP contribution in [0.25, 0.3) is 22.0 Å². The lowest BCUT2D eigenvalue weighted by Crippen LogP contribution is -2.32. The number of sulfonamides is 1. The van der Waals surface area contributed by atoms with Gasteiger partial charge in [0.2, 0.25) is 11.8 Å². The number of halogens is 2. The molecule has 1 amide bonds. The lowest BCUT2D eigenvalue weighted by molar-refractivity contribution is -0.124. The van der Waals surface area contributed by atoms with E-state index in [2.05, 4.69) is 20.0 Å². The second kappa shape index (κ2) is 10.8. The van der Waals surface area contributed by atoms with E-state index in [1.165, 1.54) is 37.3 Å². The largest absolute Gasteiger partial charge is 0.480 e. The molecule has 0 saturated heterocycles. The number of nitrogens with one attached hydrogen (secondary N) is 2. The first kappa shape index (κ1) is 27.0. The third kappa shape index (κ3) is 5.46. The molecule has 2 heterocycles. The molecule has 0 aliphatic carbocycles. The number of fused-ring (bicyclic) bond motifs is 1. The van der Waals surface area contributed by atoms with Crippen LogP contribution in [0, 0.1) is 11.7 Å². The number of hydrogen-bond donors (Lipinski definition) is 2. The Morgan fingerprint density at radius 2 is 1.92 bits per heavy atom. The normalized spacial score (nSPS) is 12.2. The molecule has 2 N–H and O–H groups in total. The molecular weight excluding hydrogens is 537 g/mol. The maximum absolute atomic E-state index is 13.5. The Labute approximate surface area is 222 Å². The first-order valence-electron chi connectivity index (χ1n) is 11.3. The van der Waals surface area contributed by atoms with Gasteiger partial charge in [0.25, 0.3) is 15.6 Å². The van der Waals surface area contributed by atoms with E-state index >= 15 is 0 Å². The minimum atomic E-state index is -4.17. The van der Waals surface area contributed by atoms with Gasteiger partial charge in [-0.1, -0.05) is 24.6 Å². The number of aromatic nitrogens is 3. The Morgan fingerprint density at radius 1 is 1.16 bits per heavy atom. The van der Waals surface area contributed by atoms with Gasteiger partial charge in [-0.2, -0.15) is 0 Å². The standard InChI is InChI=1S/C25H23ClFN5O5S/c1-14(23(33)28-2)12-32-13-30-21-7-4-15(8-18(21)25(32)34)16-9-22(24(37-3)29-11-16)31-38(35,36)17-5-6-20(27)19(26)10-17/h4-11,13-14,31H,12H2,1-3H3,(H,28,33). The number of ether oxygens (including phenoxy) is 1. The van der Waals surface area contributed by atoms with E-state index in [-0.39, 0.29) is 39.5 Å². The van der Waals surface area contributed by atoms with Gasteiger partial charge in [0, 0.05) is 25.4 Å². The van der Waals surface area contributed by atoms with E-state index < -0.39 is 21.8 Å². The number of nitrogens with zero attached hydrogens (tertiary/aromatic N) is 3. The SMILES string of the molecule is CNC(=O)C(C)Cn1cnc2ccc(-c3cnc(OC)c(NS(=O)(=O)c4ccc(F)c(Cl)c4)c3)cc2c1=O. The monoisotopic (exact) mass is 559 g/mol. The van der Waals surface area contributed by atoms with Crippen LogP contribution in [0.1, 0.15) is 6.92 Å². The predicted octanol–water partition coefficient (Wildman–Crippen LogP) is 3.44. The summed E-state index contributed by atoms with van der Waals surface area (Å²) < 4.78 is 48.4. The Bertz CT molecular complexity index is 1710. The van der Waals surface area contributed by atoms with Crippen molar-refractivity contribution in [1.82, 2.24) is 19.9 Å². The average molecular weight is 560 g/mol. The van der Waals surface area contributed by atoms with Crippen molar-refractivity contribution in [2.45, 2.75) is 18.4 Å². The number of carbonyl (C=O) groups excluding carboxylic acids is 1. The lowest BCUT2D eigenvalue weighted by atomic mass is 10.0. The maximum Gasteiger partial charge on any atom is 0.262 e. The summed E-state index contributed by atoms with van der Waals surface area (Å²) in [5.74, 6) is -1.40. The smallest absolute Gasteiger partial charge is 0.262 e. The van der Waals surface area contributed by atoms with Crippen molar-refractivity contribution < 1.29 is 22.3 Å². The molecule has 1 atom stereocenters. The summed E-state index contributed by atoms with van der Waals surface area (Å²) in [5, 5.41) is 2.53. The van der Waals surface area contributed by atoms with E-state index in [0.29, 0.717) is 22.0 Å². The molecule has 0 radical (unpaired) electrons. The van der Waals surface area contributed by atoms with Crippen LogP contribution >= 0.6 is 11.6 Å². The lowest BCUT2D eigenvalue weighted by Gasteiger charge is -2.14. The Kier molecular flexibility index (Phi) is 7.65. The van der Waals surface area contributed by atoms with Crippen LogP contribution in [0.15, 0.2) is 64.7 Å². The molecule has 4 aromatic rings. The van der Waals surface area contributed by atoms with E-state index in [1.54, 1.807) is 25.1 Å². The van der Waals surface area contributed by atoms with Gasteiger partial charge in [-0.3, -0.25) is 18.9 Å². The van der Waals surface area contributed by atoms with Crippen molar-refractivity contribution in [2.75, 3.05) is 18.9 Å². The molecule has 2 aromatic heterocycles. The zero-order valence-corrected chi connectivity index (χ0v) is 22.1. The fourth-order valence-electron chi connectivity index (χ4n) is 3.79. The van der Waals surface area contributed by atoms with Gasteiger partial charge >= 0.3 is 0 Å². The van der Waals surface area contributed by atoms with Crippen LogP contribution < -0.4 is 20.3 Å². The molecule has 10 nitrogen and oxygen atoms in total. The highest BCUT2D eigenvalue weighted by Crippen LogP contribution is 2.31. The topological polar surface area (TPSA) is 132 Å². The van der Waals surface area contributed by atoms with Gasteiger partial charge in [-0.05, 0) is 42.0 Å². The number of hydrogen-bond acceptors (Lipinski definition) is 7. The summed E-state index contributed by atoms with van der Waals surface area (Å²) in [7, 11) is -1.31. The van der Waals surface area contributed by atoms with Gasteiger partial charge in [0.15, 0.2) is 0 Å². The fraction of sp³-hybridized carbons (Fsp3) is 0.200. The molecule has 38 heavy (non-hydrogen) atoms. The highest BCUT2D eigenvalue weighted by molar-refractivity contribution is 7.92. The van der Waals surface area contributed by atoms with Crippen LogP contribution in [0.5, 0.6) is 5.88 Å². The van der Waals surface area contributed by atoms with Crippen molar-refractivity contribution in [3.05, 3.63) is 76.2 Å². The number of anilines is 1. The highest BCUT2D eigenvalue weighted by Gasteiger charge is 2.20. The Hall–Kier alpha value is -4.03. The summed E-state index contributed by atoms with van der Waals surface area (Å²) in [6.45, 7) is 1.85. The van der Waals surface area contributed by atoms with E-state index in [9.17, 15) is 22.4 Å². The van der Waals surface area contributed by atoms with Gasteiger partial charge in [0.05, 0.1) is 40.2 Å². The first-order valence-corrected chi connectivity index (χ1v) is 13.1. The molecule has 0 spiro atoms. The number of amides is 1. The summed E-state index contributed by atoms with van der Waals surface area (Å²) >= 11 is 5.75. The quantitative estimate of drug-likeness (QED) is 0.338. The summed E-state index contributed by atoms with van der Waals surface area (Å²) in [6, 6.07) is 9.52. The second-order valence-electron chi connectivity index (χ2n) is 8.41. The van der Waals surface area contributed by atoms with Gasteiger partial charge < -0.3 is 10.1 Å². The predicted molar refractivity (Wildman–Crippen MR) is 141 cm³/mol. The minimum absolute atomic E-state index is 0.00136. The first-order chi connectivity index (χ1) is 18.0. The maximum atomic E-state index is 13.5. The van der Waals surface area contributed by atoms with Crippen molar-refractivity contribution in [3.63, 3.8) is 0 Å². The number of methoxy groups -OCH3 is 1. The minimum Gasteiger partial charge on any atom is -0.480 e. The molecule has 0 bridgehead atoms. The van der Waals surface area contributed by atoms with Gasteiger partial charge in [-0.15, -0.1) is 0 Å². The highest BCUT2D eigenvalue weighted by atomic mass is 35.5. The molecule has 4 rings (SSSR count). The zero-order chi connectivity index (χ0) is 27.6. The molecule has 0 fully saturated rings. The number of benzene rings is 2. The van der Waals surface area contributed by atoms with E-state index in [0.717, 1.165) is 18.2 Å². The van der Waals surface area contributed by atoms with Crippen molar-refractivity contribution in [2.24, 2.45) is 5.92 Å². The molecule has 0 aliphatic heterocycles. The Morgan fingerprint density at radius 3 is 2.61 bits per heavy atom. The van der Waals surface area contributed by atoms with E-state index in [4.69, 9.17) is 16.3 Å². The van der Waals surface area contributed by atoms with Crippen LogP contribution in [-0.2, 0) is 21.4 Å². The summed E-state index contributed by atoms with van der Waals surface area (Å²) in [5.41, 5.74) is 1.19.